The maximum atomic E-state index is 12.7. The van der Waals surface area contributed by atoms with Crippen molar-refractivity contribution in [3.8, 4) is 57.5 Å². The molecule has 26 heteroatoms. The van der Waals surface area contributed by atoms with Crippen molar-refractivity contribution < 1.29 is 96.9 Å². The van der Waals surface area contributed by atoms with E-state index in [9.17, 15) is 49.5 Å². The molecule has 5 aromatic rings. The molecule has 4 aliphatic heterocycles. The van der Waals surface area contributed by atoms with Crippen molar-refractivity contribution >= 4 is 29.9 Å². The SMILES string of the molecule is CCC(=O)N1CCOCC1COc1cccc(O)c1C.CCNC(=O)C1=C(COc2cccc(O)c2C)COCC1.Cc1c(O)cccc1OCC1=C(C(=O)N(C)C(C)C)CCCC1.Cc1c(O)cccc1OCC1CN(C)CCN1C(=O)OC(C)C.Cc1c(O)cccc1OCC1COCCN1C(=O)OC(C)C. The van der Waals surface area contributed by atoms with E-state index < -0.39 is 0 Å². The number of ether oxygens (including phenoxy) is 10. The van der Waals surface area contributed by atoms with Crippen LogP contribution in [0.1, 0.15) is 122 Å². The van der Waals surface area contributed by atoms with E-state index in [1.807, 2.05) is 106 Å². The molecular formula is C83H118N6O20. The monoisotopic (exact) mass is 1520 g/mol. The molecule has 109 heavy (non-hydrogen) atoms. The minimum Gasteiger partial charge on any atom is -0.508 e. The molecule has 3 fully saturated rings. The Labute approximate surface area is 643 Å². The predicted octanol–water partition coefficient (Wildman–Crippen LogP) is 12.0. The smallest absolute Gasteiger partial charge is 0.410 e. The quantitative estimate of drug-likeness (QED) is 0.0375. The number of nitrogens with one attached hydrogen (secondary N) is 1. The summed E-state index contributed by atoms with van der Waals surface area (Å²) in [6.45, 7) is 32.7. The molecule has 26 nitrogen and oxygen atoms in total. The normalized spacial score (nSPS) is 17.2. The second-order valence-electron chi connectivity index (χ2n) is 28.1. The van der Waals surface area contributed by atoms with E-state index in [1.165, 1.54) is 0 Å². The van der Waals surface area contributed by atoms with Crippen LogP contribution >= 0.6 is 0 Å². The van der Waals surface area contributed by atoms with Crippen molar-refractivity contribution in [1.82, 2.24) is 29.8 Å². The lowest BCUT2D eigenvalue weighted by atomic mass is 9.91. The summed E-state index contributed by atoms with van der Waals surface area (Å²) in [5.41, 5.74) is 7.11. The first-order chi connectivity index (χ1) is 52.0. The highest BCUT2D eigenvalue weighted by Gasteiger charge is 2.34. The van der Waals surface area contributed by atoms with Crippen LogP contribution in [0.25, 0.3) is 0 Å². The molecule has 0 aromatic heterocycles. The fourth-order valence-corrected chi connectivity index (χ4v) is 12.1. The van der Waals surface area contributed by atoms with Gasteiger partial charge in [0.2, 0.25) is 17.7 Å². The Morgan fingerprint density at radius 3 is 1.33 bits per heavy atom. The third kappa shape index (κ3) is 27.2. The van der Waals surface area contributed by atoms with Gasteiger partial charge in [0.25, 0.3) is 0 Å². The summed E-state index contributed by atoms with van der Waals surface area (Å²) in [6.07, 6.45) is 4.03. The minimum absolute atomic E-state index is 0.0490. The Kier molecular flexibility index (Phi) is 36.2. The average molecular weight is 1520 g/mol. The van der Waals surface area contributed by atoms with Gasteiger partial charge in [-0.2, -0.15) is 0 Å². The molecule has 10 rings (SSSR count). The summed E-state index contributed by atoms with van der Waals surface area (Å²) in [4.78, 5) is 70.1. The number of morpholine rings is 2. The van der Waals surface area contributed by atoms with Crippen LogP contribution in [0.2, 0.25) is 0 Å². The second kappa shape index (κ2) is 44.7. The molecule has 5 aliphatic rings. The highest BCUT2D eigenvalue weighted by Crippen LogP contribution is 2.34. The number of likely N-dealkylation sites (N-methyl/N-ethyl adjacent to an activating group) is 3. The van der Waals surface area contributed by atoms with E-state index in [2.05, 4.69) is 10.2 Å². The lowest BCUT2D eigenvalue weighted by Crippen LogP contribution is -2.56. The Balaban J connectivity index is 0.000000213. The number of carbonyl (C=O) groups excluding carboxylic acids is 5. The van der Waals surface area contributed by atoms with Gasteiger partial charge >= 0.3 is 12.2 Å². The largest absolute Gasteiger partial charge is 0.508 e. The number of piperazine rings is 1. The van der Waals surface area contributed by atoms with Crippen LogP contribution in [0.15, 0.2) is 113 Å². The van der Waals surface area contributed by atoms with Gasteiger partial charge in [-0.05, 0) is 182 Å². The number of amides is 5. The lowest BCUT2D eigenvalue weighted by Gasteiger charge is -2.39. The van der Waals surface area contributed by atoms with Crippen molar-refractivity contribution in [2.24, 2.45) is 0 Å². The summed E-state index contributed by atoms with van der Waals surface area (Å²) >= 11 is 0. The van der Waals surface area contributed by atoms with E-state index in [0.29, 0.717) is 149 Å². The average Bonchev–Trinajstić information content (AvgIpc) is 0.839. The van der Waals surface area contributed by atoms with Crippen molar-refractivity contribution in [1.29, 1.82) is 0 Å². The highest BCUT2D eigenvalue weighted by molar-refractivity contribution is 5.95. The number of rotatable bonds is 22. The van der Waals surface area contributed by atoms with Crippen LogP contribution in [0.4, 0.5) is 9.59 Å². The lowest BCUT2D eigenvalue weighted by molar-refractivity contribution is -0.140. The molecule has 0 spiro atoms. The maximum Gasteiger partial charge on any atom is 0.410 e. The Bertz CT molecular complexity index is 3820. The van der Waals surface area contributed by atoms with Gasteiger partial charge in [-0.1, -0.05) is 37.3 Å². The number of phenols is 5. The number of hydrogen-bond donors (Lipinski definition) is 6. The van der Waals surface area contributed by atoms with Crippen LogP contribution in [0.3, 0.4) is 0 Å². The van der Waals surface area contributed by atoms with Gasteiger partial charge < -0.3 is 92.9 Å². The Hall–Kier alpha value is -9.63. The number of nitrogens with zero attached hydrogens (tertiary/aromatic N) is 5. The van der Waals surface area contributed by atoms with Crippen molar-refractivity contribution in [2.75, 3.05) is 126 Å². The molecule has 6 N–H and O–H groups in total. The molecule has 5 aromatic carbocycles. The summed E-state index contributed by atoms with van der Waals surface area (Å²) in [6, 6.07) is 25.7. The fourth-order valence-electron chi connectivity index (χ4n) is 12.1. The molecule has 3 atom stereocenters. The number of phenolic OH excluding ortho intramolecular Hbond substituents is 5. The highest BCUT2D eigenvalue weighted by atomic mass is 16.6. The topological polar surface area (TPSA) is 307 Å². The summed E-state index contributed by atoms with van der Waals surface area (Å²) in [5.74, 6) is 4.39. The molecule has 0 radical (unpaired) electrons. The molecule has 3 unspecified atom stereocenters. The van der Waals surface area contributed by atoms with E-state index in [1.54, 1.807) is 108 Å². The molecule has 0 saturated carbocycles. The Morgan fingerprint density at radius 2 is 0.899 bits per heavy atom. The molecule has 1 aliphatic carbocycles. The van der Waals surface area contributed by atoms with Gasteiger partial charge in [0.1, 0.15) is 90.5 Å². The summed E-state index contributed by atoms with van der Waals surface area (Å²) < 4.78 is 55.8. The van der Waals surface area contributed by atoms with Gasteiger partial charge in [-0.25, -0.2) is 9.59 Å². The van der Waals surface area contributed by atoms with Crippen molar-refractivity contribution in [2.45, 2.75) is 165 Å². The van der Waals surface area contributed by atoms with E-state index in [0.717, 1.165) is 66.6 Å². The number of hydrogen-bond acceptors (Lipinski definition) is 21. The molecule has 4 heterocycles. The van der Waals surface area contributed by atoms with Crippen molar-refractivity contribution in [3.63, 3.8) is 0 Å². The van der Waals surface area contributed by atoms with Crippen molar-refractivity contribution in [3.05, 3.63) is 141 Å². The zero-order valence-electron chi connectivity index (χ0n) is 66.5. The molecule has 0 bridgehead atoms. The molecule has 3 saturated heterocycles. The zero-order valence-corrected chi connectivity index (χ0v) is 66.5. The van der Waals surface area contributed by atoms with Gasteiger partial charge in [-0.3, -0.25) is 24.2 Å². The first-order valence-corrected chi connectivity index (χ1v) is 37.7. The third-order valence-electron chi connectivity index (χ3n) is 19.0. The van der Waals surface area contributed by atoms with Crippen LogP contribution < -0.4 is 29.0 Å². The van der Waals surface area contributed by atoms with Gasteiger partial charge in [0.05, 0.1) is 70.0 Å². The van der Waals surface area contributed by atoms with Crippen LogP contribution in [0.5, 0.6) is 57.5 Å². The Morgan fingerprint density at radius 1 is 0.495 bits per heavy atom. The van der Waals surface area contributed by atoms with Crippen LogP contribution in [-0.4, -0.2) is 242 Å². The van der Waals surface area contributed by atoms with Crippen LogP contribution in [0, 0.1) is 34.6 Å². The van der Waals surface area contributed by atoms with E-state index >= 15 is 0 Å². The predicted molar refractivity (Wildman–Crippen MR) is 415 cm³/mol. The first kappa shape index (κ1) is 88.3. The fraction of sp³-hybridized carbons (Fsp3) is 0.530. The molecule has 5 amide bonds. The summed E-state index contributed by atoms with van der Waals surface area (Å²) in [7, 11) is 3.88. The second-order valence-corrected chi connectivity index (χ2v) is 28.1. The van der Waals surface area contributed by atoms with Gasteiger partial charge in [0, 0.05) is 110 Å². The minimum atomic E-state index is -0.348. The first-order valence-electron chi connectivity index (χ1n) is 37.7. The third-order valence-corrected chi connectivity index (χ3v) is 19.0. The number of carbonyl (C=O) groups is 5. The van der Waals surface area contributed by atoms with E-state index in [-0.39, 0.29) is 108 Å². The zero-order chi connectivity index (χ0) is 79.9. The van der Waals surface area contributed by atoms with Gasteiger partial charge in [-0.15, -0.1) is 0 Å². The van der Waals surface area contributed by atoms with Gasteiger partial charge in [0.15, 0.2) is 0 Å². The molecule has 600 valence electrons. The number of benzene rings is 5. The number of aromatic hydroxyl groups is 5. The van der Waals surface area contributed by atoms with E-state index in [4.69, 9.17) is 47.4 Å². The summed E-state index contributed by atoms with van der Waals surface area (Å²) in [5, 5.41) is 51.3. The van der Waals surface area contributed by atoms with Crippen LogP contribution in [-0.2, 0) is 38.1 Å². The molecular weight excluding hydrogens is 1400 g/mol. The standard InChI is InChI=1S/C19H27NO3.C17H26N2O4.C16H23NO5.C16H21NO4.C15H21NO4/c1-13(2)20(4)19(22)16-9-6-5-8-15(16)12-23-18-11-7-10-17(21)14(18)3;1-12(2)23-17(21)19-9-8-18(4)10-14(19)11-22-16-7-5-6-15(20)13(16)3;1-11(2)22-16(19)17-7-8-20-9-13(17)10-21-15-6-4-5-14(18)12(15)3;1-3-17-16(19)13-7-8-20-9-12(13)10-21-15-6-4-5-14(18)11(15)2;1-3-15(18)16-7-8-19-9-12(16)10-20-14-6-4-5-13(17)11(14)2/h7,10-11,13,21H,5-6,8-9,12H2,1-4H3;5-7,12,14,20H,8-11H2,1-4H3;4-6,11,13,18H,7-10H2,1-3H3;4-6,18H,3,7-10H2,1-2H3,(H,17,19);4-6,12,17H,3,7-10H2,1-2H3. The maximum absolute atomic E-state index is 12.7.